The minimum absolute atomic E-state index is 0.0988. The van der Waals surface area contributed by atoms with Crippen molar-refractivity contribution in [2.45, 2.75) is 11.8 Å². The van der Waals surface area contributed by atoms with Crippen molar-refractivity contribution in [1.29, 1.82) is 0 Å². The molecule has 3 aromatic carbocycles. The lowest BCUT2D eigenvalue weighted by Gasteiger charge is -2.16. The Kier molecular flexibility index (Phi) is 3.82. The normalized spacial score (nSPS) is 12.6. The summed E-state index contributed by atoms with van der Waals surface area (Å²) in [7, 11) is 0. The average Bonchev–Trinajstić information content (AvgIpc) is 2.48. The molecule has 0 aliphatic heterocycles. The zero-order valence-electron chi connectivity index (χ0n) is 11.1. The fourth-order valence-electron chi connectivity index (χ4n) is 2.54. The Bertz CT molecular complexity index is 764. The molecule has 0 aliphatic rings. The molecule has 0 N–H and O–H groups in total. The molecule has 0 radical (unpaired) electrons. The highest BCUT2D eigenvalue weighted by Gasteiger charge is 2.16. The molecule has 0 spiro atoms. The molecule has 3 rings (SSSR count). The van der Waals surface area contributed by atoms with Crippen molar-refractivity contribution in [3.63, 3.8) is 0 Å². The number of alkyl halides is 1. The van der Waals surface area contributed by atoms with E-state index in [1.54, 1.807) is 0 Å². The number of hydrogen-bond donors (Lipinski definition) is 0. The Balaban J connectivity index is 2.20. The van der Waals surface area contributed by atoms with Gasteiger partial charge in [-0.05, 0) is 40.5 Å². The van der Waals surface area contributed by atoms with E-state index in [1.807, 2.05) is 18.2 Å². The van der Waals surface area contributed by atoms with E-state index in [2.05, 4.69) is 65.3 Å². The van der Waals surface area contributed by atoms with Crippen molar-refractivity contribution >= 4 is 38.3 Å². The summed E-state index contributed by atoms with van der Waals surface area (Å²) in [5.41, 5.74) is 3.64. The van der Waals surface area contributed by atoms with Gasteiger partial charge in [0.15, 0.2) is 0 Å². The molecule has 0 aromatic heterocycles. The second-order valence-corrected chi connectivity index (χ2v) is 6.22. The zero-order chi connectivity index (χ0) is 14.1. The van der Waals surface area contributed by atoms with Crippen LogP contribution in [0.25, 0.3) is 10.8 Å². The third kappa shape index (κ3) is 2.36. The maximum Gasteiger partial charge on any atom is 0.0665 e. The molecule has 20 heavy (non-hydrogen) atoms. The number of rotatable bonds is 2. The summed E-state index contributed by atoms with van der Waals surface area (Å²) in [5, 5.41) is 3.36. The van der Waals surface area contributed by atoms with Crippen LogP contribution < -0.4 is 0 Å². The van der Waals surface area contributed by atoms with Gasteiger partial charge in [0.25, 0.3) is 0 Å². The van der Waals surface area contributed by atoms with Crippen LogP contribution in [0.2, 0.25) is 5.02 Å². The van der Waals surface area contributed by atoms with Crippen LogP contribution in [0.1, 0.15) is 21.5 Å². The van der Waals surface area contributed by atoms with Crippen LogP contribution in [0.4, 0.5) is 0 Å². The molecular weight excluding hydrogens is 332 g/mol. The fourth-order valence-corrected chi connectivity index (χ4v) is 3.72. The molecule has 0 nitrogen and oxygen atoms in total. The highest BCUT2D eigenvalue weighted by Crippen LogP contribution is 2.38. The van der Waals surface area contributed by atoms with E-state index in [0.29, 0.717) is 0 Å². The van der Waals surface area contributed by atoms with E-state index >= 15 is 0 Å². The molecule has 0 heterocycles. The van der Waals surface area contributed by atoms with Gasteiger partial charge in [0.2, 0.25) is 0 Å². The van der Waals surface area contributed by atoms with Gasteiger partial charge in [0, 0.05) is 5.02 Å². The topological polar surface area (TPSA) is 0 Å². The van der Waals surface area contributed by atoms with Crippen LogP contribution in [0.15, 0.2) is 60.7 Å². The van der Waals surface area contributed by atoms with Gasteiger partial charge in [-0.25, -0.2) is 0 Å². The average molecular weight is 346 g/mol. The van der Waals surface area contributed by atoms with Gasteiger partial charge in [-0.3, -0.25) is 0 Å². The smallest absolute Gasteiger partial charge is 0.0665 e. The third-order valence-electron chi connectivity index (χ3n) is 3.63. The van der Waals surface area contributed by atoms with Crippen molar-refractivity contribution in [2.24, 2.45) is 0 Å². The summed E-state index contributed by atoms with van der Waals surface area (Å²) in [5.74, 6) is 0. The van der Waals surface area contributed by atoms with Crippen molar-refractivity contribution in [3.05, 3.63) is 82.4 Å². The van der Waals surface area contributed by atoms with Gasteiger partial charge in [-0.1, -0.05) is 82.1 Å². The second kappa shape index (κ2) is 5.59. The van der Waals surface area contributed by atoms with Gasteiger partial charge in [-0.2, -0.15) is 0 Å². The summed E-state index contributed by atoms with van der Waals surface area (Å²) < 4.78 is 0. The highest BCUT2D eigenvalue weighted by atomic mass is 79.9. The van der Waals surface area contributed by atoms with E-state index < -0.39 is 0 Å². The minimum Gasteiger partial charge on any atom is -0.0840 e. The van der Waals surface area contributed by atoms with Crippen LogP contribution in [-0.2, 0) is 0 Å². The van der Waals surface area contributed by atoms with Gasteiger partial charge in [0.1, 0.15) is 0 Å². The standard InChI is InChI=1S/C18H14BrCl/c1-12-10-11-15(14-7-3-2-6-13(12)14)18(19)16-8-4-5-9-17(16)20/h2-11,18H,1H3. The maximum atomic E-state index is 6.32. The molecule has 1 unspecified atom stereocenters. The van der Waals surface area contributed by atoms with E-state index in [4.69, 9.17) is 11.6 Å². The number of benzene rings is 3. The fraction of sp³-hybridized carbons (Fsp3) is 0.111. The Morgan fingerprint density at radius 3 is 2.20 bits per heavy atom. The number of hydrogen-bond acceptors (Lipinski definition) is 0. The molecule has 2 heteroatoms. The minimum atomic E-state index is 0.0988. The Labute approximate surface area is 132 Å². The molecule has 0 bridgehead atoms. The predicted octanol–water partition coefficient (Wildman–Crippen LogP) is 6.29. The Morgan fingerprint density at radius 1 is 0.800 bits per heavy atom. The lowest BCUT2D eigenvalue weighted by atomic mass is 9.96. The van der Waals surface area contributed by atoms with Crippen LogP contribution in [-0.4, -0.2) is 0 Å². The summed E-state index contributed by atoms with van der Waals surface area (Å²) in [6.07, 6.45) is 0. The maximum absolute atomic E-state index is 6.32. The van der Waals surface area contributed by atoms with Gasteiger partial charge in [0.05, 0.1) is 4.83 Å². The third-order valence-corrected chi connectivity index (χ3v) is 4.96. The summed E-state index contributed by atoms with van der Waals surface area (Å²) in [4.78, 5) is 0.0988. The monoisotopic (exact) mass is 344 g/mol. The van der Waals surface area contributed by atoms with Crippen molar-refractivity contribution in [3.8, 4) is 0 Å². The first-order chi connectivity index (χ1) is 9.68. The van der Waals surface area contributed by atoms with E-state index in [1.165, 1.54) is 21.9 Å². The van der Waals surface area contributed by atoms with Crippen molar-refractivity contribution in [1.82, 2.24) is 0 Å². The first kappa shape index (κ1) is 13.7. The molecule has 100 valence electrons. The molecule has 1 atom stereocenters. The SMILES string of the molecule is Cc1ccc(C(Br)c2ccccc2Cl)c2ccccc12. The molecule has 0 saturated carbocycles. The predicted molar refractivity (Wildman–Crippen MR) is 90.9 cm³/mol. The van der Waals surface area contributed by atoms with Crippen LogP contribution >= 0.6 is 27.5 Å². The Morgan fingerprint density at radius 2 is 1.45 bits per heavy atom. The number of fused-ring (bicyclic) bond motifs is 1. The second-order valence-electron chi connectivity index (χ2n) is 4.90. The molecule has 0 fully saturated rings. The van der Waals surface area contributed by atoms with Gasteiger partial charge >= 0.3 is 0 Å². The Hall–Kier alpha value is -1.31. The van der Waals surface area contributed by atoms with Crippen molar-refractivity contribution < 1.29 is 0 Å². The molecule has 3 aromatic rings. The molecule has 0 saturated heterocycles. The van der Waals surface area contributed by atoms with E-state index in [-0.39, 0.29) is 4.83 Å². The lowest BCUT2D eigenvalue weighted by molar-refractivity contribution is 1.19. The largest absolute Gasteiger partial charge is 0.0840 e. The van der Waals surface area contributed by atoms with Gasteiger partial charge in [-0.15, -0.1) is 0 Å². The summed E-state index contributed by atoms with van der Waals surface area (Å²) in [6, 6.07) is 20.8. The summed E-state index contributed by atoms with van der Waals surface area (Å²) in [6.45, 7) is 2.14. The van der Waals surface area contributed by atoms with Crippen LogP contribution in [0, 0.1) is 6.92 Å². The van der Waals surface area contributed by atoms with Crippen LogP contribution in [0.3, 0.4) is 0 Å². The highest BCUT2D eigenvalue weighted by molar-refractivity contribution is 9.09. The van der Waals surface area contributed by atoms with E-state index in [0.717, 1.165) is 10.6 Å². The van der Waals surface area contributed by atoms with Crippen LogP contribution in [0.5, 0.6) is 0 Å². The number of halogens is 2. The first-order valence-electron chi connectivity index (χ1n) is 6.55. The van der Waals surface area contributed by atoms with Gasteiger partial charge < -0.3 is 0 Å². The first-order valence-corrected chi connectivity index (χ1v) is 7.84. The van der Waals surface area contributed by atoms with Crippen molar-refractivity contribution in [2.75, 3.05) is 0 Å². The number of aryl methyl sites for hydroxylation is 1. The zero-order valence-corrected chi connectivity index (χ0v) is 13.4. The van der Waals surface area contributed by atoms with E-state index in [9.17, 15) is 0 Å². The quantitative estimate of drug-likeness (QED) is 0.479. The lowest BCUT2D eigenvalue weighted by Crippen LogP contribution is -1.96. The summed E-state index contributed by atoms with van der Waals surface area (Å²) >= 11 is 10.1. The molecule has 0 aliphatic carbocycles. The molecule has 0 amide bonds. The molecular formula is C18H14BrCl.